The van der Waals surface area contributed by atoms with Gasteiger partial charge in [-0.15, -0.1) is 0 Å². The lowest BCUT2D eigenvalue weighted by atomic mass is 10.1. The van der Waals surface area contributed by atoms with Crippen molar-refractivity contribution >= 4 is 11.6 Å². The quantitative estimate of drug-likeness (QED) is 0.353. The fourth-order valence-electron chi connectivity index (χ4n) is 0.539. The Bertz CT molecular complexity index is 157. The van der Waals surface area contributed by atoms with Crippen molar-refractivity contribution in [3.8, 4) is 0 Å². The summed E-state index contributed by atoms with van der Waals surface area (Å²) >= 11 is 0. The molecule has 0 radical (unpaired) electrons. The van der Waals surface area contributed by atoms with Crippen molar-refractivity contribution in [2.75, 3.05) is 13.2 Å². The minimum Gasteiger partial charge on any atom is -0.388 e. The number of carbonyl (C=O) groups excluding carboxylic acids is 2. The smallest absolute Gasteiger partial charge is 0.189 e. The molecule has 0 spiro atoms. The highest BCUT2D eigenvalue weighted by Crippen LogP contribution is 1.96. The molecule has 0 aromatic heterocycles. The molecule has 0 rings (SSSR count). The summed E-state index contributed by atoms with van der Waals surface area (Å²) in [5, 5.41) is 34.0. The number of aliphatic hydroxyl groups excluding tert-OH is 4. The summed E-state index contributed by atoms with van der Waals surface area (Å²) in [7, 11) is 0. The first-order chi connectivity index (χ1) is 5.54. The van der Waals surface area contributed by atoms with E-state index in [9.17, 15) is 9.59 Å². The van der Waals surface area contributed by atoms with Gasteiger partial charge in [-0.1, -0.05) is 0 Å². The summed E-state index contributed by atoms with van der Waals surface area (Å²) < 4.78 is 0. The van der Waals surface area contributed by atoms with Crippen LogP contribution in [0.1, 0.15) is 0 Å². The molecule has 0 aromatic rings. The van der Waals surface area contributed by atoms with Gasteiger partial charge in [-0.05, 0) is 0 Å². The third kappa shape index (κ3) is 2.67. The van der Waals surface area contributed by atoms with E-state index >= 15 is 0 Å². The molecule has 6 heteroatoms. The molecule has 0 unspecified atom stereocenters. The predicted octanol–water partition coefficient (Wildman–Crippen LogP) is -3.17. The van der Waals surface area contributed by atoms with Crippen molar-refractivity contribution in [2.45, 2.75) is 12.2 Å². The third-order valence-electron chi connectivity index (χ3n) is 1.27. The van der Waals surface area contributed by atoms with Gasteiger partial charge in [0, 0.05) is 0 Å². The minimum atomic E-state index is -1.96. The second-order valence-electron chi connectivity index (χ2n) is 2.14. The molecule has 0 saturated carbocycles. The number of rotatable bonds is 5. The first kappa shape index (κ1) is 11.2. The standard InChI is InChI=1S/C6H10O6/c7-1-3(9)5(11)6(12)4(10)2-8/h5-8,11-12H,1-2H2/t5-,6-/m1/s1. The van der Waals surface area contributed by atoms with Gasteiger partial charge in [-0.3, -0.25) is 9.59 Å². The van der Waals surface area contributed by atoms with Crippen LogP contribution in [-0.2, 0) is 9.59 Å². The lowest BCUT2D eigenvalue weighted by Crippen LogP contribution is -2.42. The van der Waals surface area contributed by atoms with E-state index in [2.05, 4.69) is 0 Å². The van der Waals surface area contributed by atoms with Crippen LogP contribution in [0.15, 0.2) is 0 Å². The number of Topliss-reactive ketones (excluding diaryl/α,β-unsaturated/α-hetero) is 2. The Kier molecular flexibility index (Phi) is 4.60. The maximum absolute atomic E-state index is 10.5. The van der Waals surface area contributed by atoms with Gasteiger partial charge in [-0.2, -0.15) is 0 Å². The van der Waals surface area contributed by atoms with Crippen LogP contribution in [0, 0.1) is 0 Å². The highest BCUT2D eigenvalue weighted by Gasteiger charge is 2.28. The Morgan fingerprint density at radius 2 is 1.17 bits per heavy atom. The fraction of sp³-hybridized carbons (Fsp3) is 0.667. The Morgan fingerprint density at radius 3 is 1.33 bits per heavy atom. The van der Waals surface area contributed by atoms with Crippen LogP contribution in [0.5, 0.6) is 0 Å². The predicted molar refractivity (Wildman–Crippen MR) is 36.2 cm³/mol. The molecular weight excluding hydrogens is 168 g/mol. The first-order valence-corrected chi connectivity index (χ1v) is 3.17. The molecule has 0 heterocycles. The highest BCUT2D eigenvalue weighted by molar-refractivity contribution is 5.93. The number of ketones is 2. The van der Waals surface area contributed by atoms with E-state index in [1.807, 2.05) is 0 Å². The van der Waals surface area contributed by atoms with Gasteiger partial charge >= 0.3 is 0 Å². The lowest BCUT2D eigenvalue weighted by Gasteiger charge is -2.12. The van der Waals surface area contributed by atoms with E-state index in [4.69, 9.17) is 20.4 Å². The molecule has 0 aromatic carbocycles. The highest BCUT2D eigenvalue weighted by atomic mass is 16.4. The number of hydrogen-bond donors (Lipinski definition) is 4. The zero-order chi connectivity index (χ0) is 9.72. The number of carbonyl (C=O) groups is 2. The SMILES string of the molecule is O=C(CO)[C@@H](O)[C@H](O)C(=O)CO. The summed E-state index contributed by atoms with van der Waals surface area (Å²) in [6.45, 7) is -1.92. The van der Waals surface area contributed by atoms with Crippen molar-refractivity contribution in [1.82, 2.24) is 0 Å². The van der Waals surface area contributed by atoms with Crippen LogP contribution < -0.4 is 0 Å². The lowest BCUT2D eigenvalue weighted by molar-refractivity contribution is -0.146. The normalized spacial score (nSPS) is 15.3. The average molecular weight is 178 g/mol. The van der Waals surface area contributed by atoms with Gasteiger partial charge in [0.1, 0.15) is 25.4 Å². The van der Waals surface area contributed by atoms with Gasteiger partial charge in [0.15, 0.2) is 11.6 Å². The molecule has 70 valence electrons. The molecule has 0 aliphatic rings. The van der Waals surface area contributed by atoms with Crippen LogP contribution in [0.3, 0.4) is 0 Å². The first-order valence-electron chi connectivity index (χ1n) is 3.17. The van der Waals surface area contributed by atoms with Gasteiger partial charge in [0.2, 0.25) is 0 Å². The van der Waals surface area contributed by atoms with Crippen molar-refractivity contribution in [3.63, 3.8) is 0 Å². The van der Waals surface area contributed by atoms with E-state index in [1.54, 1.807) is 0 Å². The largest absolute Gasteiger partial charge is 0.388 e. The Balaban J connectivity index is 4.18. The van der Waals surface area contributed by atoms with E-state index in [0.717, 1.165) is 0 Å². The molecule has 0 saturated heterocycles. The average Bonchev–Trinajstić information content (AvgIpc) is 2.12. The van der Waals surface area contributed by atoms with E-state index in [-0.39, 0.29) is 0 Å². The molecule has 0 aliphatic carbocycles. The molecule has 0 amide bonds. The molecule has 4 N–H and O–H groups in total. The Hall–Kier alpha value is -0.820. The van der Waals surface area contributed by atoms with Crippen LogP contribution in [-0.4, -0.2) is 57.4 Å². The maximum atomic E-state index is 10.5. The molecule has 6 nitrogen and oxygen atoms in total. The molecule has 12 heavy (non-hydrogen) atoms. The van der Waals surface area contributed by atoms with Crippen molar-refractivity contribution in [2.24, 2.45) is 0 Å². The van der Waals surface area contributed by atoms with Crippen molar-refractivity contribution in [3.05, 3.63) is 0 Å². The third-order valence-corrected chi connectivity index (χ3v) is 1.27. The Labute approximate surface area is 68.1 Å². The zero-order valence-corrected chi connectivity index (χ0v) is 6.17. The fourth-order valence-corrected chi connectivity index (χ4v) is 0.539. The van der Waals surface area contributed by atoms with Crippen LogP contribution in [0.2, 0.25) is 0 Å². The number of aliphatic hydroxyl groups is 4. The minimum absolute atomic E-state index is 0.961. The van der Waals surface area contributed by atoms with Crippen LogP contribution >= 0.6 is 0 Å². The summed E-state index contributed by atoms with van der Waals surface area (Å²) in [4.78, 5) is 21.0. The van der Waals surface area contributed by atoms with Gasteiger partial charge in [-0.25, -0.2) is 0 Å². The zero-order valence-electron chi connectivity index (χ0n) is 6.17. The maximum Gasteiger partial charge on any atom is 0.189 e. The van der Waals surface area contributed by atoms with Gasteiger partial charge in [0.25, 0.3) is 0 Å². The van der Waals surface area contributed by atoms with Crippen molar-refractivity contribution in [1.29, 1.82) is 0 Å². The summed E-state index contributed by atoms with van der Waals surface area (Å²) in [5.74, 6) is -2.13. The summed E-state index contributed by atoms with van der Waals surface area (Å²) in [6.07, 6.45) is -3.93. The van der Waals surface area contributed by atoms with E-state index < -0.39 is 37.0 Å². The number of hydrogen-bond acceptors (Lipinski definition) is 6. The summed E-state index contributed by atoms with van der Waals surface area (Å²) in [5.41, 5.74) is 0. The van der Waals surface area contributed by atoms with Crippen LogP contribution in [0.4, 0.5) is 0 Å². The molecule has 0 fully saturated rings. The summed E-state index contributed by atoms with van der Waals surface area (Å²) in [6, 6.07) is 0. The van der Waals surface area contributed by atoms with Crippen LogP contribution in [0.25, 0.3) is 0 Å². The van der Waals surface area contributed by atoms with E-state index in [0.29, 0.717) is 0 Å². The van der Waals surface area contributed by atoms with E-state index in [1.165, 1.54) is 0 Å². The second kappa shape index (κ2) is 4.94. The second-order valence-corrected chi connectivity index (χ2v) is 2.14. The molecule has 0 aliphatic heterocycles. The molecule has 2 atom stereocenters. The van der Waals surface area contributed by atoms with Gasteiger partial charge < -0.3 is 20.4 Å². The molecule has 0 bridgehead atoms. The monoisotopic (exact) mass is 178 g/mol. The molecular formula is C6H10O6. The topological polar surface area (TPSA) is 115 Å². The van der Waals surface area contributed by atoms with Crippen molar-refractivity contribution < 1.29 is 30.0 Å². The van der Waals surface area contributed by atoms with Gasteiger partial charge in [0.05, 0.1) is 0 Å². The Morgan fingerprint density at radius 1 is 0.917 bits per heavy atom.